The second-order valence-corrected chi connectivity index (χ2v) is 5.97. The van der Waals surface area contributed by atoms with Crippen molar-refractivity contribution >= 4 is 17.0 Å². The van der Waals surface area contributed by atoms with Gasteiger partial charge >= 0.3 is 0 Å². The molecule has 0 unspecified atom stereocenters. The summed E-state index contributed by atoms with van der Waals surface area (Å²) in [6.45, 7) is 0.831. The fourth-order valence-electron chi connectivity index (χ4n) is 2.24. The van der Waals surface area contributed by atoms with Gasteiger partial charge in [0.05, 0.1) is 6.61 Å². The smallest absolute Gasteiger partial charge is 0.0701 e. The second-order valence-electron chi connectivity index (χ2n) is 4.80. The Balaban J connectivity index is 1.71. The topological polar surface area (TPSA) is 32.3 Å². The molecule has 2 N–H and O–H groups in total. The van der Waals surface area contributed by atoms with Crippen LogP contribution in [0.1, 0.15) is 10.4 Å². The Morgan fingerprint density at radius 1 is 0.857 bits per heavy atom. The summed E-state index contributed by atoms with van der Waals surface area (Å²) in [6.07, 6.45) is 0. The van der Waals surface area contributed by atoms with E-state index in [1.54, 1.807) is 11.3 Å². The number of aliphatic hydroxyl groups is 1. The molecule has 3 aromatic rings. The van der Waals surface area contributed by atoms with Crippen LogP contribution in [-0.4, -0.2) is 5.11 Å². The molecule has 0 fully saturated rings. The molecule has 1 heterocycles. The fourth-order valence-corrected chi connectivity index (χ4v) is 3.20. The van der Waals surface area contributed by atoms with E-state index in [4.69, 9.17) is 0 Å². The highest BCUT2D eigenvalue weighted by molar-refractivity contribution is 7.15. The monoisotopic (exact) mass is 295 g/mol. The summed E-state index contributed by atoms with van der Waals surface area (Å²) in [5.74, 6) is 0. The van der Waals surface area contributed by atoms with Crippen molar-refractivity contribution in [2.75, 3.05) is 5.32 Å². The van der Waals surface area contributed by atoms with Gasteiger partial charge in [0, 0.05) is 27.5 Å². The van der Waals surface area contributed by atoms with E-state index in [1.807, 2.05) is 30.3 Å². The lowest BCUT2D eigenvalue weighted by Crippen LogP contribution is -2.00. The normalized spacial score (nSPS) is 10.5. The molecule has 0 aliphatic rings. The summed E-state index contributed by atoms with van der Waals surface area (Å²) in [4.78, 5) is 2.56. The Bertz CT molecular complexity index is 706. The third-order valence-electron chi connectivity index (χ3n) is 3.36. The Morgan fingerprint density at radius 2 is 1.62 bits per heavy atom. The van der Waals surface area contributed by atoms with E-state index in [0.29, 0.717) is 0 Å². The highest BCUT2D eigenvalue weighted by atomic mass is 32.1. The highest BCUT2D eigenvalue weighted by Crippen LogP contribution is 2.28. The molecule has 2 aromatic carbocycles. The van der Waals surface area contributed by atoms with E-state index in [2.05, 4.69) is 41.7 Å². The third-order valence-corrected chi connectivity index (χ3v) is 4.50. The molecule has 0 amide bonds. The van der Waals surface area contributed by atoms with Crippen molar-refractivity contribution in [1.82, 2.24) is 0 Å². The minimum Gasteiger partial charge on any atom is -0.392 e. The fraction of sp³-hybridized carbons (Fsp3) is 0.111. The number of hydrogen-bond acceptors (Lipinski definition) is 3. The summed E-state index contributed by atoms with van der Waals surface area (Å²) in [5.41, 5.74) is 3.18. The van der Waals surface area contributed by atoms with Gasteiger partial charge in [-0.15, -0.1) is 11.3 Å². The van der Waals surface area contributed by atoms with Crippen LogP contribution in [-0.2, 0) is 13.2 Å². The van der Waals surface area contributed by atoms with Crippen molar-refractivity contribution in [3.05, 3.63) is 77.2 Å². The number of thiophene rings is 1. The molecule has 2 nitrogen and oxygen atoms in total. The standard InChI is InChI=1S/C18H17NOS/c20-13-15-8-4-5-9-17(15)19-12-16-10-11-18(21-16)14-6-2-1-3-7-14/h1-11,19-20H,12-13H2. The molecule has 3 heteroatoms. The first kappa shape index (κ1) is 13.9. The number of benzene rings is 2. The summed E-state index contributed by atoms with van der Waals surface area (Å²) in [5, 5.41) is 12.7. The Hall–Kier alpha value is -2.10. The minimum absolute atomic E-state index is 0.0584. The molecule has 21 heavy (non-hydrogen) atoms. The Morgan fingerprint density at radius 3 is 2.43 bits per heavy atom. The summed E-state index contributed by atoms with van der Waals surface area (Å²) in [6, 6.07) is 22.6. The Labute approximate surface area is 128 Å². The van der Waals surface area contributed by atoms with Crippen LogP contribution in [0.2, 0.25) is 0 Å². The zero-order valence-corrected chi connectivity index (χ0v) is 12.4. The SMILES string of the molecule is OCc1ccccc1NCc1ccc(-c2ccccc2)s1. The maximum absolute atomic E-state index is 9.33. The van der Waals surface area contributed by atoms with Crippen molar-refractivity contribution in [3.8, 4) is 10.4 Å². The average molecular weight is 295 g/mol. The third kappa shape index (κ3) is 3.32. The van der Waals surface area contributed by atoms with Gasteiger partial charge in [-0.25, -0.2) is 0 Å². The van der Waals surface area contributed by atoms with Gasteiger partial charge in [0.2, 0.25) is 0 Å². The lowest BCUT2D eigenvalue weighted by molar-refractivity contribution is 0.282. The number of anilines is 1. The van der Waals surface area contributed by atoms with Crippen LogP contribution in [0.25, 0.3) is 10.4 Å². The van der Waals surface area contributed by atoms with Crippen molar-refractivity contribution in [2.24, 2.45) is 0 Å². The maximum Gasteiger partial charge on any atom is 0.0701 e. The van der Waals surface area contributed by atoms with Crippen LogP contribution in [0.5, 0.6) is 0 Å². The van der Waals surface area contributed by atoms with Crippen LogP contribution in [0.15, 0.2) is 66.7 Å². The van der Waals surface area contributed by atoms with Crippen molar-refractivity contribution in [1.29, 1.82) is 0 Å². The maximum atomic E-state index is 9.33. The highest BCUT2D eigenvalue weighted by Gasteiger charge is 2.04. The van der Waals surface area contributed by atoms with Crippen molar-refractivity contribution in [3.63, 3.8) is 0 Å². The largest absolute Gasteiger partial charge is 0.392 e. The number of nitrogens with one attached hydrogen (secondary N) is 1. The van der Waals surface area contributed by atoms with Gasteiger partial charge in [-0.2, -0.15) is 0 Å². The summed E-state index contributed by atoms with van der Waals surface area (Å²) in [7, 11) is 0. The van der Waals surface area contributed by atoms with E-state index >= 15 is 0 Å². The summed E-state index contributed by atoms with van der Waals surface area (Å²) >= 11 is 1.79. The van der Waals surface area contributed by atoms with E-state index in [0.717, 1.165) is 17.8 Å². The first-order valence-electron chi connectivity index (χ1n) is 6.93. The average Bonchev–Trinajstić information content (AvgIpc) is 3.03. The molecule has 0 atom stereocenters. The number of para-hydroxylation sites is 1. The van der Waals surface area contributed by atoms with Gasteiger partial charge in [-0.05, 0) is 23.8 Å². The van der Waals surface area contributed by atoms with Crippen molar-refractivity contribution < 1.29 is 5.11 Å². The van der Waals surface area contributed by atoms with Gasteiger partial charge < -0.3 is 10.4 Å². The molecule has 0 spiro atoms. The van der Waals surface area contributed by atoms with Gasteiger partial charge in [-0.1, -0.05) is 48.5 Å². The molecule has 0 aliphatic carbocycles. The van der Waals surface area contributed by atoms with E-state index < -0.39 is 0 Å². The summed E-state index contributed by atoms with van der Waals surface area (Å²) < 4.78 is 0. The lowest BCUT2D eigenvalue weighted by atomic mass is 10.2. The molecule has 0 bridgehead atoms. The van der Waals surface area contributed by atoms with Gasteiger partial charge in [0.25, 0.3) is 0 Å². The minimum atomic E-state index is 0.0584. The lowest BCUT2D eigenvalue weighted by Gasteiger charge is -2.09. The molecule has 0 aliphatic heterocycles. The number of rotatable bonds is 5. The Kier molecular flexibility index (Phi) is 4.34. The van der Waals surface area contributed by atoms with E-state index in [9.17, 15) is 5.11 Å². The van der Waals surface area contributed by atoms with Crippen LogP contribution in [0.3, 0.4) is 0 Å². The first-order chi connectivity index (χ1) is 10.4. The predicted molar refractivity (Wildman–Crippen MR) is 89.4 cm³/mol. The van der Waals surface area contributed by atoms with Crippen LogP contribution in [0, 0.1) is 0 Å². The molecular weight excluding hydrogens is 278 g/mol. The predicted octanol–water partition coefficient (Wildman–Crippen LogP) is 4.52. The van der Waals surface area contributed by atoms with Crippen molar-refractivity contribution in [2.45, 2.75) is 13.2 Å². The molecule has 0 saturated heterocycles. The second kappa shape index (κ2) is 6.57. The van der Waals surface area contributed by atoms with Gasteiger partial charge in [-0.3, -0.25) is 0 Å². The van der Waals surface area contributed by atoms with E-state index in [-0.39, 0.29) is 6.61 Å². The van der Waals surface area contributed by atoms with Crippen LogP contribution >= 0.6 is 11.3 Å². The van der Waals surface area contributed by atoms with E-state index in [1.165, 1.54) is 15.3 Å². The molecular formula is C18H17NOS. The van der Waals surface area contributed by atoms with Crippen LogP contribution < -0.4 is 5.32 Å². The molecule has 0 radical (unpaired) electrons. The zero-order chi connectivity index (χ0) is 14.5. The molecule has 1 aromatic heterocycles. The first-order valence-corrected chi connectivity index (χ1v) is 7.75. The quantitative estimate of drug-likeness (QED) is 0.725. The number of hydrogen-bond donors (Lipinski definition) is 2. The molecule has 106 valence electrons. The molecule has 0 saturated carbocycles. The zero-order valence-electron chi connectivity index (χ0n) is 11.6. The van der Waals surface area contributed by atoms with Gasteiger partial charge in [0.1, 0.15) is 0 Å². The molecule has 3 rings (SSSR count). The van der Waals surface area contributed by atoms with Crippen LogP contribution in [0.4, 0.5) is 5.69 Å². The number of aliphatic hydroxyl groups excluding tert-OH is 1. The van der Waals surface area contributed by atoms with Gasteiger partial charge in [0.15, 0.2) is 0 Å².